The molecule has 0 aliphatic rings. The first-order chi connectivity index (χ1) is 9.80. The van der Waals surface area contributed by atoms with Crippen LogP contribution in [-0.2, 0) is 17.1 Å². The Morgan fingerprint density at radius 2 is 2.00 bits per heavy atom. The fourth-order valence-electron chi connectivity index (χ4n) is 2.17. The topological polar surface area (TPSA) is 81.2 Å². The number of hydrogen-bond acceptors (Lipinski definition) is 4. The molecule has 2 N–H and O–H groups in total. The summed E-state index contributed by atoms with van der Waals surface area (Å²) in [5, 5.41) is 3.90. The number of aromatic nitrogens is 2. The van der Waals surface area contributed by atoms with Crippen LogP contribution in [0.15, 0.2) is 29.2 Å². The standard InChI is InChI=1S/C13H17FN4O2S/c1-4-18(11-8-6-5-7-10(11)14)21(19,20)12-9(2)17(3)16-13(12)15/h5-8H,4H2,1-3H3,(H2,15,16). The zero-order valence-corrected chi connectivity index (χ0v) is 12.9. The summed E-state index contributed by atoms with van der Waals surface area (Å²) in [5.74, 6) is -0.701. The maximum absolute atomic E-state index is 13.9. The molecule has 0 saturated carbocycles. The van der Waals surface area contributed by atoms with Crippen LogP contribution in [0.5, 0.6) is 0 Å². The van der Waals surface area contributed by atoms with Crippen molar-refractivity contribution >= 4 is 21.5 Å². The van der Waals surface area contributed by atoms with Gasteiger partial charge in [-0.15, -0.1) is 0 Å². The van der Waals surface area contributed by atoms with Crippen LogP contribution in [0.4, 0.5) is 15.9 Å². The lowest BCUT2D eigenvalue weighted by atomic mass is 10.3. The predicted molar refractivity (Wildman–Crippen MR) is 79.0 cm³/mol. The van der Waals surface area contributed by atoms with E-state index in [0.29, 0.717) is 5.69 Å². The first kappa shape index (κ1) is 15.3. The van der Waals surface area contributed by atoms with Gasteiger partial charge in [0.15, 0.2) is 10.7 Å². The van der Waals surface area contributed by atoms with Gasteiger partial charge in [0.1, 0.15) is 5.82 Å². The quantitative estimate of drug-likeness (QED) is 0.931. The highest BCUT2D eigenvalue weighted by Crippen LogP contribution is 2.30. The number of halogens is 1. The van der Waals surface area contributed by atoms with Crippen molar-refractivity contribution in [3.05, 3.63) is 35.8 Å². The van der Waals surface area contributed by atoms with E-state index in [0.717, 1.165) is 4.31 Å². The Morgan fingerprint density at radius 1 is 1.38 bits per heavy atom. The number of nitrogens with two attached hydrogens (primary N) is 1. The summed E-state index contributed by atoms with van der Waals surface area (Å²) in [6.45, 7) is 3.31. The molecule has 0 amide bonds. The van der Waals surface area contributed by atoms with E-state index in [1.54, 1.807) is 27.0 Å². The van der Waals surface area contributed by atoms with Gasteiger partial charge in [-0.1, -0.05) is 12.1 Å². The van der Waals surface area contributed by atoms with Gasteiger partial charge in [-0.05, 0) is 26.0 Å². The van der Waals surface area contributed by atoms with Crippen LogP contribution in [0.3, 0.4) is 0 Å². The van der Waals surface area contributed by atoms with E-state index in [1.807, 2.05) is 0 Å². The molecule has 0 fully saturated rings. The van der Waals surface area contributed by atoms with E-state index in [-0.39, 0.29) is 22.9 Å². The van der Waals surface area contributed by atoms with Gasteiger partial charge >= 0.3 is 0 Å². The monoisotopic (exact) mass is 312 g/mol. The number of benzene rings is 1. The van der Waals surface area contributed by atoms with Crippen molar-refractivity contribution in [3.63, 3.8) is 0 Å². The number of para-hydroxylation sites is 1. The molecule has 0 radical (unpaired) electrons. The van der Waals surface area contributed by atoms with E-state index in [4.69, 9.17) is 5.73 Å². The molecule has 2 aromatic rings. The average Bonchev–Trinajstić information content (AvgIpc) is 2.66. The molecule has 0 spiro atoms. The van der Waals surface area contributed by atoms with Gasteiger partial charge in [0.25, 0.3) is 10.0 Å². The molecule has 8 heteroatoms. The third kappa shape index (κ3) is 2.46. The number of nitrogens with zero attached hydrogens (tertiary/aromatic N) is 3. The van der Waals surface area contributed by atoms with Crippen LogP contribution < -0.4 is 10.0 Å². The summed E-state index contributed by atoms with van der Waals surface area (Å²) >= 11 is 0. The molecule has 0 aliphatic carbocycles. The summed E-state index contributed by atoms with van der Waals surface area (Å²) in [7, 11) is -2.38. The molecular formula is C13H17FN4O2S. The number of rotatable bonds is 4. The van der Waals surface area contributed by atoms with Crippen LogP contribution in [0, 0.1) is 12.7 Å². The predicted octanol–water partition coefficient (Wildman–Crippen LogP) is 1.67. The molecule has 0 bridgehead atoms. The van der Waals surface area contributed by atoms with E-state index in [1.165, 1.54) is 22.9 Å². The van der Waals surface area contributed by atoms with Crippen LogP contribution in [0.1, 0.15) is 12.6 Å². The third-order valence-electron chi connectivity index (χ3n) is 3.26. The molecule has 0 saturated heterocycles. The van der Waals surface area contributed by atoms with Gasteiger partial charge < -0.3 is 5.73 Å². The zero-order chi connectivity index (χ0) is 15.8. The van der Waals surface area contributed by atoms with E-state index >= 15 is 0 Å². The Labute approximate surface area is 123 Å². The number of aryl methyl sites for hydroxylation is 1. The summed E-state index contributed by atoms with van der Waals surface area (Å²) in [4.78, 5) is -0.0879. The van der Waals surface area contributed by atoms with Gasteiger partial charge in [0.2, 0.25) is 0 Å². The van der Waals surface area contributed by atoms with Gasteiger partial charge in [-0.25, -0.2) is 12.8 Å². The molecule has 6 nitrogen and oxygen atoms in total. The minimum atomic E-state index is -3.98. The molecule has 0 atom stereocenters. The Hall–Kier alpha value is -2.09. The maximum Gasteiger partial charge on any atom is 0.269 e. The molecule has 0 unspecified atom stereocenters. The fraction of sp³-hybridized carbons (Fsp3) is 0.308. The van der Waals surface area contributed by atoms with Crippen molar-refractivity contribution in [1.29, 1.82) is 0 Å². The summed E-state index contributed by atoms with van der Waals surface area (Å²) in [6.07, 6.45) is 0. The minimum absolute atomic E-state index is 0.0114. The number of anilines is 2. The Morgan fingerprint density at radius 3 is 2.48 bits per heavy atom. The lowest BCUT2D eigenvalue weighted by Crippen LogP contribution is -2.32. The Kier molecular flexibility index (Phi) is 3.91. The summed E-state index contributed by atoms with van der Waals surface area (Å²) in [6, 6.07) is 5.71. The molecule has 0 aliphatic heterocycles. The van der Waals surface area contributed by atoms with Crippen molar-refractivity contribution in [2.75, 3.05) is 16.6 Å². The highest BCUT2D eigenvalue weighted by atomic mass is 32.2. The average molecular weight is 312 g/mol. The lowest BCUT2D eigenvalue weighted by Gasteiger charge is -2.23. The van der Waals surface area contributed by atoms with Crippen LogP contribution in [0.25, 0.3) is 0 Å². The van der Waals surface area contributed by atoms with Crippen LogP contribution in [0.2, 0.25) is 0 Å². The number of nitrogen functional groups attached to an aromatic ring is 1. The molecule has 1 heterocycles. The zero-order valence-electron chi connectivity index (χ0n) is 12.0. The lowest BCUT2D eigenvalue weighted by molar-refractivity contribution is 0.585. The van der Waals surface area contributed by atoms with Crippen LogP contribution in [-0.4, -0.2) is 24.7 Å². The second-order valence-corrected chi connectivity index (χ2v) is 6.34. The maximum atomic E-state index is 13.9. The SMILES string of the molecule is CCN(c1ccccc1F)S(=O)(=O)c1c(N)nn(C)c1C. The third-order valence-corrected chi connectivity index (χ3v) is 5.32. The van der Waals surface area contributed by atoms with Gasteiger partial charge in [-0.3, -0.25) is 8.99 Å². The minimum Gasteiger partial charge on any atom is -0.381 e. The smallest absolute Gasteiger partial charge is 0.269 e. The first-order valence-electron chi connectivity index (χ1n) is 6.37. The number of sulfonamides is 1. The van der Waals surface area contributed by atoms with Crippen molar-refractivity contribution < 1.29 is 12.8 Å². The van der Waals surface area contributed by atoms with Crippen molar-refractivity contribution in [2.45, 2.75) is 18.7 Å². The Bertz CT molecular complexity index is 770. The van der Waals surface area contributed by atoms with Crippen molar-refractivity contribution in [3.8, 4) is 0 Å². The van der Waals surface area contributed by atoms with Gasteiger partial charge in [0, 0.05) is 13.6 Å². The Balaban J connectivity index is 2.64. The highest BCUT2D eigenvalue weighted by molar-refractivity contribution is 7.93. The number of hydrogen-bond donors (Lipinski definition) is 1. The van der Waals surface area contributed by atoms with Crippen molar-refractivity contribution in [1.82, 2.24) is 9.78 Å². The second-order valence-electron chi connectivity index (χ2n) is 4.54. The molecular weight excluding hydrogens is 295 g/mol. The van der Waals surface area contributed by atoms with Gasteiger partial charge in [0.05, 0.1) is 11.4 Å². The first-order valence-corrected chi connectivity index (χ1v) is 7.81. The highest BCUT2D eigenvalue weighted by Gasteiger charge is 2.31. The van der Waals surface area contributed by atoms with Crippen molar-refractivity contribution in [2.24, 2.45) is 7.05 Å². The second kappa shape index (κ2) is 5.36. The van der Waals surface area contributed by atoms with E-state index in [9.17, 15) is 12.8 Å². The molecule has 2 rings (SSSR count). The van der Waals surface area contributed by atoms with Gasteiger partial charge in [-0.2, -0.15) is 5.10 Å². The molecule has 114 valence electrons. The normalized spacial score (nSPS) is 11.6. The molecule has 1 aromatic carbocycles. The summed E-state index contributed by atoms with van der Waals surface area (Å²) < 4.78 is 41.9. The molecule has 1 aromatic heterocycles. The van der Waals surface area contributed by atoms with E-state index in [2.05, 4.69) is 5.10 Å². The fourth-order valence-corrected chi connectivity index (χ4v) is 3.94. The van der Waals surface area contributed by atoms with Crippen LogP contribution >= 0.6 is 0 Å². The van der Waals surface area contributed by atoms with E-state index < -0.39 is 15.8 Å². The summed E-state index contributed by atoms with van der Waals surface area (Å²) in [5.41, 5.74) is 6.10. The molecule has 21 heavy (non-hydrogen) atoms. The largest absolute Gasteiger partial charge is 0.381 e.